The molecule has 0 spiro atoms. The monoisotopic (exact) mass is 451 g/mol. The molecule has 3 aromatic rings. The van der Waals surface area contributed by atoms with E-state index in [1.165, 1.54) is 33.1 Å². The zero-order valence-electron chi connectivity index (χ0n) is 18.4. The SMILES string of the molecule is COC(=O)C1=C(C(=O)c2ccc(OC)cc2)[C@@H](c2ccc(OC)cc2OC)n2nnnc2N1. The Morgan fingerprint density at radius 3 is 2.27 bits per heavy atom. The Morgan fingerprint density at radius 2 is 1.64 bits per heavy atom. The van der Waals surface area contributed by atoms with Gasteiger partial charge in [0.05, 0.1) is 34.0 Å². The number of fused-ring (bicyclic) bond motifs is 1. The van der Waals surface area contributed by atoms with Crippen molar-refractivity contribution >= 4 is 17.7 Å². The molecule has 1 aliphatic rings. The van der Waals surface area contributed by atoms with Crippen molar-refractivity contribution in [2.45, 2.75) is 6.04 Å². The first-order chi connectivity index (χ1) is 16.0. The number of nitrogens with zero attached hydrogens (tertiary/aromatic N) is 4. The number of anilines is 1. The molecule has 0 radical (unpaired) electrons. The van der Waals surface area contributed by atoms with Crippen molar-refractivity contribution in [2.24, 2.45) is 0 Å². The number of ether oxygens (including phenoxy) is 4. The molecule has 0 saturated heterocycles. The minimum absolute atomic E-state index is 0.0662. The first-order valence-corrected chi connectivity index (χ1v) is 9.80. The van der Waals surface area contributed by atoms with Gasteiger partial charge in [-0.1, -0.05) is 5.10 Å². The second-order valence-corrected chi connectivity index (χ2v) is 6.92. The number of allylic oxidation sites excluding steroid dienone is 1. The van der Waals surface area contributed by atoms with Gasteiger partial charge >= 0.3 is 5.97 Å². The zero-order valence-corrected chi connectivity index (χ0v) is 18.4. The Balaban J connectivity index is 1.95. The third-order valence-electron chi connectivity index (χ3n) is 5.24. The van der Waals surface area contributed by atoms with E-state index in [-0.39, 0.29) is 17.2 Å². The number of ketones is 1. The average molecular weight is 451 g/mol. The van der Waals surface area contributed by atoms with Crippen LogP contribution in [0.2, 0.25) is 0 Å². The Labute approximate surface area is 188 Å². The van der Waals surface area contributed by atoms with Crippen LogP contribution < -0.4 is 19.5 Å². The fourth-order valence-corrected chi connectivity index (χ4v) is 3.62. The van der Waals surface area contributed by atoms with Crippen LogP contribution in [0.5, 0.6) is 17.2 Å². The van der Waals surface area contributed by atoms with Gasteiger partial charge in [-0.05, 0) is 46.8 Å². The first-order valence-electron chi connectivity index (χ1n) is 9.80. The summed E-state index contributed by atoms with van der Waals surface area (Å²) < 4.78 is 22.4. The van der Waals surface area contributed by atoms with Crippen LogP contribution in [0.3, 0.4) is 0 Å². The molecule has 0 bridgehead atoms. The summed E-state index contributed by atoms with van der Waals surface area (Å²) in [5.74, 6) is 0.581. The van der Waals surface area contributed by atoms with E-state index in [9.17, 15) is 9.59 Å². The minimum Gasteiger partial charge on any atom is -0.497 e. The topological polar surface area (TPSA) is 127 Å². The van der Waals surface area contributed by atoms with Gasteiger partial charge in [0.1, 0.15) is 29.0 Å². The van der Waals surface area contributed by atoms with Crippen LogP contribution >= 0.6 is 0 Å². The number of hydrogen-bond donors (Lipinski definition) is 1. The maximum Gasteiger partial charge on any atom is 0.355 e. The molecule has 0 unspecified atom stereocenters. The van der Waals surface area contributed by atoms with Gasteiger partial charge in [0.25, 0.3) is 0 Å². The van der Waals surface area contributed by atoms with E-state index in [0.29, 0.717) is 28.4 Å². The molecule has 0 fully saturated rings. The summed E-state index contributed by atoms with van der Waals surface area (Å²) in [5, 5.41) is 14.5. The number of methoxy groups -OCH3 is 4. The summed E-state index contributed by atoms with van der Waals surface area (Å²) in [6.07, 6.45) is 0. The van der Waals surface area contributed by atoms with Crippen LogP contribution in [0.1, 0.15) is 22.0 Å². The number of esters is 1. The van der Waals surface area contributed by atoms with Gasteiger partial charge in [-0.25, -0.2) is 4.79 Å². The van der Waals surface area contributed by atoms with Crippen molar-refractivity contribution in [3.05, 3.63) is 64.9 Å². The van der Waals surface area contributed by atoms with Crippen molar-refractivity contribution in [3.8, 4) is 17.2 Å². The fraction of sp³-hybridized carbons (Fsp3) is 0.227. The van der Waals surface area contributed by atoms with E-state index in [2.05, 4.69) is 20.8 Å². The lowest BCUT2D eigenvalue weighted by atomic mass is 9.89. The molecule has 11 nitrogen and oxygen atoms in total. The highest BCUT2D eigenvalue weighted by atomic mass is 16.5. The minimum atomic E-state index is -0.888. The summed E-state index contributed by atoms with van der Waals surface area (Å²) in [7, 11) is 5.79. The summed E-state index contributed by atoms with van der Waals surface area (Å²) in [5.41, 5.74) is 0.911. The molecule has 1 atom stereocenters. The number of carbonyl (C=O) groups excluding carboxylic acids is 2. The van der Waals surface area contributed by atoms with Crippen LogP contribution in [0.25, 0.3) is 0 Å². The van der Waals surface area contributed by atoms with Gasteiger partial charge in [-0.2, -0.15) is 4.68 Å². The van der Waals surface area contributed by atoms with E-state index in [0.717, 1.165) is 0 Å². The number of nitrogens with one attached hydrogen (secondary N) is 1. The van der Waals surface area contributed by atoms with E-state index < -0.39 is 17.8 Å². The molecule has 1 N–H and O–H groups in total. The summed E-state index contributed by atoms with van der Waals surface area (Å²) in [6.45, 7) is 0. The van der Waals surface area contributed by atoms with Crippen molar-refractivity contribution in [1.29, 1.82) is 0 Å². The van der Waals surface area contributed by atoms with Crippen molar-refractivity contribution in [1.82, 2.24) is 20.2 Å². The molecular formula is C22H21N5O6. The van der Waals surface area contributed by atoms with Crippen molar-refractivity contribution in [3.63, 3.8) is 0 Å². The molecule has 2 heterocycles. The zero-order chi connectivity index (χ0) is 23.5. The largest absolute Gasteiger partial charge is 0.497 e. The molecule has 33 heavy (non-hydrogen) atoms. The summed E-state index contributed by atoms with van der Waals surface area (Å²) in [4.78, 5) is 26.5. The van der Waals surface area contributed by atoms with Crippen LogP contribution in [0, 0.1) is 0 Å². The van der Waals surface area contributed by atoms with Crippen LogP contribution in [-0.2, 0) is 9.53 Å². The first kappa shape index (κ1) is 21.8. The highest BCUT2D eigenvalue weighted by Crippen LogP contribution is 2.41. The summed E-state index contributed by atoms with van der Waals surface area (Å²) >= 11 is 0. The Kier molecular flexibility index (Phi) is 5.94. The van der Waals surface area contributed by atoms with Crippen LogP contribution in [0.4, 0.5) is 5.95 Å². The highest BCUT2D eigenvalue weighted by Gasteiger charge is 2.39. The summed E-state index contributed by atoms with van der Waals surface area (Å²) in [6, 6.07) is 10.8. The van der Waals surface area contributed by atoms with Gasteiger partial charge in [0.15, 0.2) is 5.78 Å². The van der Waals surface area contributed by atoms with Gasteiger partial charge in [0.2, 0.25) is 5.95 Å². The van der Waals surface area contributed by atoms with Crippen molar-refractivity contribution in [2.75, 3.05) is 33.8 Å². The third kappa shape index (κ3) is 3.84. The molecule has 0 aliphatic carbocycles. The number of Topliss-reactive ketones (excluding diaryl/α,β-unsaturated/α-hetero) is 1. The van der Waals surface area contributed by atoms with Crippen LogP contribution in [0.15, 0.2) is 53.7 Å². The van der Waals surface area contributed by atoms with E-state index >= 15 is 0 Å². The number of benzene rings is 2. The molecule has 2 aromatic carbocycles. The third-order valence-corrected chi connectivity index (χ3v) is 5.24. The Morgan fingerprint density at radius 1 is 0.939 bits per heavy atom. The molecule has 170 valence electrons. The molecular weight excluding hydrogens is 430 g/mol. The number of carbonyl (C=O) groups is 2. The maximum atomic E-state index is 13.8. The Hall–Kier alpha value is -4.41. The lowest BCUT2D eigenvalue weighted by Gasteiger charge is -2.29. The van der Waals surface area contributed by atoms with Crippen molar-refractivity contribution < 1.29 is 28.5 Å². The highest BCUT2D eigenvalue weighted by molar-refractivity contribution is 6.15. The predicted molar refractivity (Wildman–Crippen MR) is 115 cm³/mol. The molecule has 0 saturated carbocycles. The molecule has 1 aromatic heterocycles. The number of tetrazole rings is 1. The normalized spacial score (nSPS) is 14.7. The molecule has 1 aliphatic heterocycles. The average Bonchev–Trinajstić information content (AvgIpc) is 3.34. The molecule has 4 rings (SSSR count). The van der Waals surface area contributed by atoms with Crippen LogP contribution in [-0.4, -0.2) is 60.4 Å². The molecule has 11 heteroatoms. The second kappa shape index (κ2) is 8.99. The van der Waals surface area contributed by atoms with Gasteiger partial charge in [-0.3, -0.25) is 4.79 Å². The fourth-order valence-electron chi connectivity index (χ4n) is 3.62. The maximum absolute atomic E-state index is 13.8. The smallest absolute Gasteiger partial charge is 0.355 e. The van der Waals surface area contributed by atoms with Gasteiger partial charge in [0, 0.05) is 17.2 Å². The van der Waals surface area contributed by atoms with Gasteiger partial charge < -0.3 is 24.3 Å². The second-order valence-electron chi connectivity index (χ2n) is 6.92. The number of aromatic nitrogens is 4. The van der Waals surface area contributed by atoms with E-state index in [1.807, 2.05) is 0 Å². The van der Waals surface area contributed by atoms with E-state index in [4.69, 9.17) is 18.9 Å². The number of rotatable bonds is 7. The molecule has 0 amide bonds. The quantitative estimate of drug-likeness (QED) is 0.421. The lowest BCUT2D eigenvalue weighted by molar-refractivity contribution is -0.136. The van der Waals surface area contributed by atoms with E-state index in [1.54, 1.807) is 42.5 Å². The number of hydrogen-bond acceptors (Lipinski definition) is 10. The van der Waals surface area contributed by atoms with Gasteiger partial charge in [-0.15, -0.1) is 0 Å². The standard InChI is InChI=1S/C22H21N5O6/c1-30-13-7-5-12(6-8-13)20(28)17-18(21(29)33-4)23-22-24-25-26-27(22)19(17)15-10-9-14(31-2)11-16(15)32-3/h5-11,19H,1-4H3,(H,23,24,26)/t19-/m1/s1. The Bertz CT molecular complexity index is 1230. The predicted octanol–water partition coefficient (Wildman–Crippen LogP) is 2.02. The lowest BCUT2D eigenvalue weighted by Crippen LogP contribution is -2.33.